The van der Waals surface area contributed by atoms with Crippen molar-refractivity contribution in [2.75, 3.05) is 17.2 Å². The van der Waals surface area contributed by atoms with Crippen LogP contribution in [-0.4, -0.2) is 34.9 Å². The standard InChI is InChI=1S/C26H43BrN2O3/c1-22(26(31)32)29-25(30)23-16-18-24(19-17-23)28-21-15-13-11-9-7-5-3-2-4-6-8-10-12-14-20-27/h16-19,22,28H,2-15,20-21H2,1H3,(H,29,30)(H,31,32). The maximum atomic E-state index is 12.0. The highest BCUT2D eigenvalue weighted by Crippen LogP contribution is 2.14. The molecule has 3 N–H and O–H groups in total. The Morgan fingerprint density at radius 2 is 1.22 bits per heavy atom. The van der Waals surface area contributed by atoms with E-state index >= 15 is 0 Å². The van der Waals surface area contributed by atoms with Gasteiger partial charge in [0.1, 0.15) is 6.04 Å². The lowest BCUT2D eigenvalue weighted by Crippen LogP contribution is -2.38. The maximum Gasteiger partial charge on any atom is 0.325 e. The second-order valence-corrected chi connectivity index (χ2v) is 9.47. The van der Waals surface area contributed by atoms with E-state index in [0.717, 1.165) is 24.0 Å². The topological polar surface area (TPSA) is 78.4 Å². The van der Waals surface area contributed by atoms with E-state index in [1.807, 2.05) is 12.1 Å². The Kier molecular flexibility index (Phi) is 16.9. The molecule has 1 aromatic rings. The number of unbranched alkanes of at least 4 members (excludes halogenated alkanes) is 13. The summed E-state index contributed by atoms with van der Waals surface area (Å²) in [6.45, 7) is 2.38. The van der Waals surface area contributed by atoms with E-state index in [4.69, 9.17) is 5.11 Å². The highest BCUT2D eigenvalue weighted by Gasteiger charge is 2.14. The number of benzene rings is 1. The third-order valence-corrected chi connectivity index (χ3v) is 6.32. The molecule has 32 heavy (non-hydrogen) atoms. The molecule has 0 saturated heterocycles. The van der Waals surface area contributed by atoms with Crippen LogP contribution in [0.3, 0.4) is 0 Å². The van der Waals surface area contributed by atoms with Crippen molar-refractivity contribution in [2.45, 2.75) is 103 Å². The number of hydrogen-bond donors (Lipinski definition) is 3. The van der Waals surface area contributed by atoms with Crippen LogP contribution < -0.4 is 10.6 Å². The van der Waals surface area contributed by atoms with E-state index in [0.29, 0.717) is 5.56 Å². The molecule has 182 valence electrons. The molecule has 6 heteroatoms. The first-order chi connectivity index (χ1) is 15.5. The molecule has 0 spiro atoms. The maximum absolute atomic E-state index is 12.0. The van der Waals surface area contributed by atoms with E-state index in [2.05, 4.69) is 26.6 Å². The first kappa shape index (κ1) is 28.5. The van der Waals surface area contributed by atoms with Gasteiger partial charge in [-0.2, -0.15) is 0 Å². The summed E-state index contributed by atoms with van der Waals surface area (Å²) < 4.78 is 0. The number of aliphatic carboxylic acids is 1. The van der Waals surface area contributed by atoms with Crippen LogP contribution in [-0.2, 0) is 4.79 Å². The molecule has 5 nitrogen and oxygen atoms in total. The fourth-order valence-electron chi connectivity index (χ4n) is 3.65. The van der Waals surface area contributed by atoms with Crippen LogP contribution in [0.2, 0.25) is 0 Å². The first-order valence-electron chi connectivity index (χ1n) is 12.5. The summed E-state index contributed by atoms with van der Waals surface area (Å²) in [7, 11) is 0. The van der Waals surface area contributed by atoms with Gasteiger partial charge in [0.05, 0.1) is 0 Å². The Labute approximate surface area is 203 Å². The number of anilines is 1. The number of amides is 1. The molecule has 1 amide bonds. The van der Waals surface area contributed by atoms with Crippen molar-refractivity contribution < 1.29 is 14.7 Å². The molecule has 1 aromatic carbocycles. The largest absolute Gasteiger partial charge is 0.480 e. The van der Waals surface area contributed by atoms with E-state index in [1.54, 1.807) is 12.1 Å². The van der Waals surface area contributed by atoms with Gasteiger partial charge in [-0.15, -0.1) is 0 Å². The van der Waals surface area contributed by atoms with Crippen LogP contribution in [0, 0.1) is 0 Å². The summed E-state index contributed by atoms with van der Waals surface area (Å²) in [4.78, 5) is 22.8. The van der Waals surface area contributed by atoms with Crippen LogP contribution in [0.1, 0.15) is 107 Å². The van der Waals surface area contributed by atoms with Gasteiger partial charge in [0.15, 0.2) is 0 Å². The van der Waals surface area contributed by atoms with E-state index in [-0.39, 0.29) is 5.91 Å². The molecule has 0 radical (unpaired) electrons. The third kappa shape index (κ3) is 14.5. The van der Waals surface area contributed by atoms with E-state index in [9.17, 15) is 9.59 Å². The Hall–Kier alpha value is -1.56. The first-order valence-corrected chi connectivity index (χ1v) is 13.6. The van der Waals surface area contributed by atoms with Gasteiger partial charge in [0, 0.05) is 23.1 Å². The minimum absolute atomic E-state index is 0.368. The number of nitrogens with one attached hydrogen (secondary N) is 2. The normalized spacial score (nSPS) is 11.8. The van der Waals surface area contributed by atoms with Gasteiger partial charge >= 0.3 is 5.97 Å². The summed E-state index contributed by atoms with van der Waals surface area (Å²) in [5.74, 6) is -1.41. The van der Waals surface area contributed by atoms with Crippen molar-refractivity contribution in [2.24, 2.45) is 0 Å². The Bertz CT molecular complexity index is 622. The number of carbonyl (C=O) groups is 2. The number of hydrogen-bond acceptors (Lipinski definition) is 3. The molecular formula is C26H43BrN2O3. The second-order valence-electron chi connectivity index (χ2n) is 8.68. The smallest absolute Gasteiger partial charge is 0.325 e. The van der Waals surface area contributed by atoms with Crippen LogP contribution in [0.25, 0.3) is 0 Å². The molecule has 0 aliphatic heterocycles. The summed E-state index contributed by atoms with van der Waals surface area (Å²) in [5, 5.41) is 15.9. The fraction of sp³-hybridized carbons (Fsp3) is 0.692. The van der Waals surface area contributed by atoms with E-state index in [1.165, 1.54) is 90.4 Å². The number of carboxylic acid groups (broad SMARTS) is 1. The lowest BCUT2D eigenvalue weighted by molar-refractivity contribution is -0.138. The Balaban J connectivity index is 1.95. The monoisotopic (exact) mass is 510 g/mol. The molecule has 0 heterocycles. The number of carboxylic acids is 1. The predicted octanol–water partition coefficient (Wildman–Crippen LogP) is 7.16. The molecule has 0 aromatic heterocycles. The summed E-state index contributed by atoms with van der Waals surface area (Å²) in [6.07, 6.45) is 18.9. The predicted molar refractivity (Wildman–Crippen MR) is 138 cm³/mol. The molecule has 0 aliphatic rings. The zero-order valence-corrected chi connectivity index (χ0v) is 21.4. The molecule has 0 aliphatic carbocycles. The fourth-order valence-corrected chi connectivity index (χ4v) is 4.05. The van der Waals surface area contributed by atoms with Crippen molar-refractivity contribution in [3.63, 3.8) is 0 Å². The van der Waals surface area contributed by atoms with Gasteiger partial charge in [0.2, 0.25) is 0 Å². The summed E-state index contributed by atoms with van der Waals surface area (Å²) in [6, 6.07) is 6.27. The molecule has 1 unspecified atom stereocenters. The highest BCUT2D eigenvalue weighted by molar-refractivity contribution is 9.09. The second kappa shape index (κ2) is 19.0. The van der Waals surface area contributed by atoms with Gasteiger partial charge < -0.3 is 15.7 Å². The average Bonchev–Trinajstić information content (AvgIpc) is 2.79. The SMILES string of the molecule is CC(NC(=O)c1ccc(NCCCCCCCCCCCCCCCCBr)cc1)C(=O)O. The van der Waals surface area contributed by atoms with Crippen molar-refractivity contribution in [1.29, 1.82) is 0 Å². The molecule has 1 rings (SSSR count). The van der Waals surface area contributed by atoms with Crippen molar-refractivity contribution in [1.82, 2.24) is 5.32 Å². The zero-order valence-electron chi connectivity index (χ0n) is 19.8. The quantitative estimate of drug-likeness (QED) is 0.128. The highest BCUT2D eigenvalue weighted by atomic mass is 79.9. The number of rotatable bonds is 20. The van der Waals surface area contributed by atoms with Crippen molar-refractivity contribution >= 4 is 33.5 Å². The molecule has 0 fully saturated rings. The summed E-state index contributed by atoms with van der Waals surface area (Å²) in [5.41, 5.74) is 1.45. The number of halogens is 1. The summed E-state index contributed by atoms with van der Waals surface area (Å²) >= 11 is 3.49. The molecule has 0 bridgehead atoms. The third-order valence-electron chi connectivity index (χ3n) is 5.75. The van der Waals surface area contributed by atoms with Crippen molar-refractivity contribution in [3.8, 4) is 0 Å². The average molecular weight is 512 g/mol. The van der Waals surface area contributed by atoms with Crippen LogP contribution in [0.5, 0.6) is 0 Å². The zero-order chi connectivity index (χ0) is 23.4. The lowest BCUT2D eigenvalue weighted by Gasteiger charge is -2.10. The minimum Gasteiger partial charge on any atom is -0.480 e. The van der Waals surface area contributed by atoms with Crippen LogP contribution in [0.4, 0.5) is 5.69 Å². The van der Waals surface area contributed by atoms with Crippen molar-refractivity contribution in [3.05, 3.63) is 29.8 Å². The number of carbonyl (C=O) groups excluding carboxylic acids is 1. The van der Waals surface area contributed by atoms with Crippen LogP contribution >= 0.6 is 15.9 Å². The van der Waals surface area contributed by atoms with Gasteiger partial charge in [-0.1, -0.05) is 93.0 Å². The number of alkyl halides is 1. The van der Waals surface area contributed by atoms with Gasteiger partial charge in [-0.25, -0.2) is 0 Å². The minimum atomic E-state index is -1.04. The van der Waals surface area contributed by atoms with E-state index < -0.39 is 12.0 Å². The Morgan fingerprint density at radius 1 is 0.781 bits per heavy atom. The van der Waals surface area contributed by atoms with Gasteiger partial charge in [-0.05, 0) is 44.0 Å². The lowest BCUT2D eigenvalue weighted by atomic mass is 10.0. The molecule has 0 saturated carbocycles. The van der Waals surface area contributed by atoms with Gasteiger partial charge in [0.25, 0.3) is 5.91 Å². The Morgan fingerprint density at radius 3 is 1.66 bits per heavy atom. The molecule has 1 atom stereocenters. The van der Waals surface area contributed by atoms with Gasteiger partial charge in [-0.3, -0.25) is 9.59 Å². The molecular weight excluding hydrogens is 468 g/mol. The van der Waals surface area contributed by atoms with Crippen LogP contribution in [0.15, 0.2) is 24.3 Å².